The standard InChI is InChI=1S/C18H22O3/c1-2-21-18(20)16(13-14-9-5-3-6-10-14)17(19)15-11-7-4-8-12-15/h3,5-6,9-10,13,15H,2,4,7-8,11-12H2,1H3/b16-13-. The average Bonchev–Trinajstić information content (AvgIpc) is 2.54. The molecule has 0 aliphatic heterocycles. The van der Waals surface area contributed by atoms with E-state index < -0.39 is 5.97 Å². The summed E-state index contributed by atoms with van der Waals surface area (Å²) in [5, 5.41) is 0. The zero-order valence-electron chi connectivity index (χ0n) is 12.5. The van der Waals surface area contributed by atoms with Crippen LogP contribution < -0.4 is 0 Å². The number of ether oxygens (including phenoxy) is 1. The van der Waals surface area contributed by atoms with E-state index in [4.69, 9.17) is 4.74 Å². The van der Waals surface area contributed by atoms with Crippen LogP contribution in [0.15, 0.2) is 35.9 Å². The van der Waals surface area contributed by atoms with Crippen molar-refractivity contribution in [3.05, 3.63) is 41.5 Å². The fraction of sp³-hybridized carbons (Fsp3) is 0.444. The van der Waals surface area contributed by atoms with E-state index in [1.807, 2.05) is 30.3 Å². The lowest BCUT2D eigenvalue weighted by Gasteiger charge is -2.21. The van der Waals surface area contributed by atoms with E-state index in [1.165, 1.54) is 6.42 Å². The number of benzene rings is 1. The summed E-state index contributed by atoms with van der Waals surface area (Å²) >= 11 is 0. The summed E-state index contributed by atoms with van der Waals surface area (Å²) in [7, 11) is 0. The highest BCUT2D eigenvalue weighted by molar-refractivity contribution is 6.21. The van der Waals surface area contributed by atoms with Crippen molar-refractivity contribution in [1.82, 2.24) is 0 Å². The minimum absolute atomic E-state index is 0.0295. The van der Waals surface area contributed by atoms with Crippen molar-refractivity contribution in [2.24, 2.45) is 5.92 Å². The third-order valence-electron chi connectivity index (χ3n) is 3.85. The molecule has 0 bridgehead atoms. The van der Waals surface area contributed by atoms with Gasteiger partial charge >= 0.3 is 5.97 Å². The molecular formula is C18H22O3. The summed E-state index contributed by atoms with van der Waals surface area (Å²) in [6.07, 6.45) is 6.74. The van der Waals surface area contributed by atoms with Gasteiger partial charge in [0.05, 0.1) is 6.61 Å². The van der Waals surface area contributed by atoms with E-state index in [9.17, 15) is 9.59 Å². The minimum Gasteiger partial charge on any atom is -0.462 e. The normalized spacial score (nSPS) is 16.5. The zero-order chi connectivity index (χ0) is 15.1. The van der Waals surface area contributed by atoms with Gasteiger partial charge in [0.25, 0.3) is 0 Å². The van der Waals surface area contributed by atoms with Crippen molar-refractivity contribution < 1.29 is 14.3 Å². The average molecular weight is 286 g/mol. The van der Waals surface area contributed by atoms with E-state index >= 15 is 0 Å². The van der Waals surface area contributed by atoms with Crippen LogP contribution in [0.1, 0.15) is 44.6 Å². The smallest absolute Gasteiger partial charge is 0.341 e. The molecule has 112 valence electrons. The molecule has 0 unspecified atom stereocenters. The number of hydrogen-bond donors (Lipinski definition) is 0. The van der Waals surface area contributed by atoms with E-state index in [2.05, 4.69) is 0 Å². The molecule has 0 atom stereocenters. The third kappa shape index (κ3) is 4.28. The predicted molar refractivity (Wildman–Crippen MR) is 82.6 cm³/mol. The molecule has 1 aliphatic rings. The summed E-state index contributed by atoms with van der Waals surface area (Å²) in [4.78, 5) is 24.8. The lowest BCUT2D eigenvalue weighted by Crippen LogP contribution is -2.24. The van der Waals surface area contributed by atoms with Crippen molar-refractivity contribution in [3.63, 3.8) is 0 Å². The zero-order valence-corrected chi connectivity index (χ0v) is 12.5. The molecule has 2 rings (SSSR count). The first kappa shape index (κ1) is 15.5. The Hall–Kier alpha value is -1.90. The molecule has 0 heterocycles. The van der Waals surface area contributed by atoms with Crippen molar-refractivity contribution in [2.75, 3.05) is 6.61 Å². The van der Waals surface area contributed by atoms with Gasteiger partial charge in [-0.25, -0.2) is 4.79 Å². The number of esters is 1. The Labute approximate surface area is 126 Å². The molecule has 0 saturated heterocycles. The van der Waals surface area contributed by atoms with Crippen LogP contribution in [-0.2, 0) is 14.3 Å². The largest absolute Gasteiger partial charge is 0.462 e. The molecule has 0 radical (unpaired) electrons. The van der Waals surface area contributed by atoms with Crippen LogP contribution >= 0.6 is 0 Å². The monoisotopic (exact) mass is 286 g/mol. The Morgan fingerprint density at radius 3 is 2.43 bits per heavy atom. The van der Waals surface area contributed by atoms with E-state index in [-0.39, 0.29) is 23.9 Å². The Kier molecular flexibility index (Phi) is 5.73. The molecule has 1 aromatic rings. The Bertz CT molecular complexity index is 511. The van der Waals surface area contributed by atoms with E-state index in [0.29, 0.717) is 0 Å². The molecule has 1 aliphatic carbocycles. The summed E-state index contributed by atoms with van der Waals surface area (Å²) < 4.78 is 5.06. The maximum absolute atomic E-state index is 12.6. The van der Waals surface area contributed by atoms with E-state index in [0.717, 1.165) is 31.2 Å². The number of hydrogen-bond acceptors (Lipinski definition) is 3. The maximum atomic E-state index is 12.6. The topological polar surface area (TPSA) is 43.4 Å². The van der Waals surface area contributed by atoms with Crippen LogP contribution in [0.25, 0.3) is 6.08 Å². The predicted octanol–water partition coefficient (Wildman–Crippen LogP) is 3.78. The van der Waals surface area contributed by atoms with Crippen molar-refractivity contribution in [3.8, 4) is 0 Å². The van der Waals surface area contributed by atoms with Crippen LogP contribution in [0.5, 0.6) is 0 Å². The van der Waals surface area contributed by atoms with Crippen molar-refractivity contribution >= 4 is 17.8 Å². The SMILES string of the molecule is CCOC(=O)/C(=C\c1ccccc1)C(=O)C1CCCCC1. The Morgan fingerprint density at radius 2 is 1.81 bits per heavy atom. The van der Waals surface area contributed by atoms with Gasteiger partial charge in [-0.2, -0.15) is 0 Å². The van der Waals surface area contributed by atoms with Crippen LogP contribution in [0, 0.1) is 5.92 Å². The molecule has 1 saturated carbocycles. The lowest BCUT2D eigenvalue weighted by molar-refractivity contribution is -0.140. The van der Waals surface area contributed by atoms with Gasteiger partial charge in [-0.1, -0.05) is 49.6 Å². The van der Waals surface area contributed by atoms with Gasteiger partial charge in [-0.15, -0.1) is 0 Å². The minimum atomic E-state index is -0.503. The van der Waals surface area contributed by atoms with Gasteiger partial charge in [0.2, 0.25) is 0 Å². The number of ketones is 1. The molecule has 21 heavy (non-hydrogen) atoms. The summed E-state index contributed by atoms with van der Waals surface area (Å²) in [6.45, 7) is 2.03. The molecule has 1 aromatic carbocycles. The number of carbonyl (C=O) groups is 2. The molecule has 0 N–H and O–H groups in total. The van der Waals surface area contributed by atoms with Crippen LogP contribution in [-0.4, -0.2) is 18.4 Å². The highest BCUT2D eigenvalue weighted by Crippen LogP contribution is 2.27. The summed E-state index contributed by atoms with van der Waals surface area (Å²) in [6, 6.07) is 9.45. The maximum Gasteiger partial charge on any atom is 0.341 e. The number of Topliss-reactive ketones (excluding diaryl/α,β-unsaturated/α-hetero) is 1. The van der Waals surface area contributed by atoms with Crippen LogP contribution in [0.3, 0.4) is 0 Å². The van der Waals surface area contributed by atoms with Gasteiger partial charge in [-0.3, -0.25) is 4.79 Å². The summed E-state index contributed by atoms with van der Waals surface area (Å²) in [5.41, 5.74) is 1.04. The lowest BCUT2D eigenvalue weighted by atomic mass is 9.83. The Balaban J connectivity index is 2.25. The van der Waals surface area contributed by atoms with Gasteiger partial charge in [-0.05, 0) is 31.4 Å². The quantitative estimate of drug-likeness (QED) is 0.358. The molecule has 0 spiro atoms. The third-order valence-corrected chi connectivity index (χ3v) is 3.85. The van der Waals surface area contributed by atoms with Crippen LogP contribution in [0.2, 0.25) is 0 Å². The van der Waals surface area contributed by atoms with Crippen LogP contribution in [0.4, 0.5) is 0 Å². The molecule has 0 aromatic heterocycles. The van der Waals surface area contributed by atoms with E-state index in [1.54, 1.807) is 13.0 Å². The van der Waals surface area contributed by atoms with Crippen molar-refractivity contribution in [2.45, 2.75) is 39.0 Å². The van der Waals surface area contributed by atoms with Gasteiger partial charge in [0.15, 0.2) is 5.78 Å². The summed E-state index contributed by atoms with van der Waals surface area (Å²) in [5.74, 6) is -0.591. The highest BCUT2D eigenvalue weighted by atomic mass is 16.5. The first-order chi connectivity index (χ1) is 10.2. The molecule has 3 heteroatoms. The molecule has 1 fully saturated rings. The van der Waals surface area contributed by atoms with Crippen molar-refractivity contribution in [1.29, 1.82) is 0 Å². The fourth-order valence-corrected chi connectivity index (χ4v) is 2.74. The highest BCUT2D eigenvalue weighted by Gasteiger charge is 2.28. The number of carbonyl (C=O) groups excluding carboxylic acids is 2. The Morgan fingerprint density at radius 1 is 1.14 bits per heavy atom. The first-order valence-corrected chi connectivity index (χ1v) is 7.70. The molecule has 0 amide bonds. The molecule has 3 nitrogen and oxygen atoms in total. The second-order valence-electron chi connectivity index (χ2n) is 5.39. The van der Waals surface area contributed by atoms with Gasteiger partial charge in [0, 0.05) is 5.92 Å². The second kappa shape index (κ2) is 7.77. The fourth-order valence-electron chi connectivity index (χ4n) is 2.74. The first-order valence-electron chi connectivity index (χ1n) is 7.70. The molecular weight excluding hydrogens is 264 g/mol. The van der Waals surface area contributed by atoms with Gasteiger partial charge < -0.3 is 4.74 Å². The number of rotatable bonds is 5. The van der Waals surface area contributed by atoms with Gasteiger partial charge in [0.1, 0.15) is 5.57 Å². The second-order valence-corrected chi connectivity index (χ2v) is 5.39.